The molecule has 0 heterocycles. The average Bonchev–Trinajstić information content (AvgIpc) is 2.72. The maximum Gasteiger partial charge on any atom is 0.124 e. The molecular weight excluding hydrogens is 380 g/mol. The zero-order chi connectivity index (χ0) is 21.9. The smallest absolute Gasteiger partial charge is 0.124 e. The Morgan fingerprint density at radius 1 is 0.900 bits per heavy atom. The van der Waals surface area contributed by atoms with E-state index in [0.29, 0.717) is 0 Å². The van der Waals surface area contributed by atoms with Crippen molar-refractivity contribution in [1.82, 2.24) is 0 Å². The first-order chi connectivity index (χ1) is 14.4. The Hall–Kier alpha value is -2.78. The van der Waals surface area contributed by atoms with Crippen molar-refractivity contribution >= 4 is 18.4 Å². The highest BCUT2D eigenvalue weighted by Crippen LogP contribution is 2.39. The fraction of sp³-hybridized carbons (Fsp3) is 0.286. The summed E-state index contributed by atoms with van der Waals surface area (Å²) < 4.78 is 0. The quantitative estimate of drug-likeness (QED) is 0.405. The van der Waals surface area contributed by atoms with Gasteiger partial charge in [-0.15, -0.1) is 0 Å². The van der Waals surface area contributed by atoms with Crippen LogP contribution in [0.25, 0.3) is 0 Å². The van der Waals surface area contributed by atoms with E-state index in [2.05, 4.69) is 105 Å². The fourth-order valence-electron chi connectivity index (χ4n) is 3.90. The van der Waals surface area contributed by atoms with Crippen LogP contribution in [-0.2, 0) is 0 Å². The second-order valence-electron chi connectivity index (χ2n) is 8.44. The first-order valence-corrected chi connectivity index (χ1v) is 12.7. The van der Waals surface area contributed by atoms with Crippen molar-refractivity contribution in [3.05, 3.63) is 85.0 Å². The lowest BCUT2D eigenvalue weighted by atomic mass is 10.2. The Labute approximate surface area is 183 Å². The van der Waals surface area contributed by atoms with Crippen LogP contribution in [0.1, 0.15) is 34.1 Å². The molecule has 0 bridgehead atoms. The first kappa shape index (κ1) is 23.5. The second-order valence-corrected chi connectivity index (χ2v) is 13.4. The molecule has 2 rings (SSSR count). The minimum atomic E-state index is -2.04. The standard InChI is InChI=1S/C28H32OSi/c1-25(29)19-13-9-7-5-6-8-10-18-24-30(28(2,3)4,26-20-14-11-15-21-26)27-22-16-12-17-23-27/h7,9,11-17,19-23,25,29H,18,24H2,1-4H3/b9-7+,19-13+. The molecule has 2 heteroatoms. The summed E-state index contributed by atoms with van der Waals surface area (Å²) in [6.07, 6.45) is 7.43. The van der Waals surface area contributed by atoms with Gasteiger partial charge in [-0.05, 0) is 35.9 Å². The van der Waals surface area contributed by atoms with E-state index < -0.39 is 14.2 Å². The lowest BCUT2D eigenvalue weighted by molar-refractivity contribution is 0.244. The Morgan fingerprint density at radius 3 is 1.97 bits per heavy atom. The number of hydrogen-bond acceptors (Lipinski definition) is 1. The third kappa shape index (κ3) is 6.36. The second kappa shape index (κ2) is 11.4. The fourth-order valence-corrected chi connectivity index (χ4v) is 9.32. The van der Waals surface area contributed by atoms with E-state index in [0.717, 1.165) is 12.5 Å². The predicted octanol–water partition coefficient (Wildman–Crippen LogP) is 4.94. The molecule has 0 amide bonds. The first-order valence-electron chi connectivity index (χ1n) is 10.5. The van der Waals surface area contributed by atoms with Crippen LogP contribution >= 0.6 is 0 Å². The zero-order valence-corrected chi connectivity index (χ0v) is 19.5. The highest BCUT2D eigenvalue weighted by atomic mass is 28.3. The highest BCUT2D eigenvalue weighted by Gasteiger charge is 2.46. The Balaban J connectivity index is 2.25. The lowest BCUT2D eigenvalue weighted by Gasteiger charge is -2.44. The van der Waals surface area contributed by atoms with Crippen LogP contribution < -0.4 is 10.4 Å². The zero-order valence-electron chi connectivity index (χ0n) is 18.5. The van der Waals surface area contributed by atoms with E-state index in [1.165, 1.54) is 10.4 Å². The van der Waals surface area contributed by atoms with E-state index >= 15 is 0 Å². The summed E-state index contributed by atoms with van der Waals surface area (Å²) in [4.78, 5) is 0. The van der Waals surface area contributed by atoms with E-state index in [1.54, 1.807) is 25.2 Å². The molecule has 1 unspecified atom stereocenters. The van der Waals surface area contributed by atoms with Gasteiger partial charge in [0.25, 0.3) is 0 Å². The molecule has 0 saturated heterocycles. The molecule has 30 heavy (non-hydrogen) atoms. The SMILES string of the molecule is CC(O)/C=C/C=C/C#CC#CCC[Si](c1ccccc1)(c1ccccc1)C(C)(C)C. The van der Waals surface area contributed by atoms with Crippen molar-refractivity contribution < 1.29 is 5.11 Å². The van der Waals surface area contributed by atoms with Gasteiger partial charge < -0.3 is 5.11 Å². The van der Waals surface area contributed by atoms with Gasteiger partial charge in [0.15, 0.2) is 0 Å². The van der Waals surface area contributed by atoms with Crippen molar-refractivity contribution in [2.75, 3.05) is 0 Å². The number of hydrogen-bond donors (Lipinski definition) is 1. The van der Waals surface area contributed by atoms with Crippen molar-refractivity contribution in [1.29, 1.82) is 0 Å². The maximum absolute atomic E-state index is 9.16. The van der Waals surface area contributed by atoms with Gasteiger partial charge in [0.05, 0.1) is 6.10 Å². The molecule has 154 valence electrons. The van der Waals surface area contributed by atoms with Gasteiger partial charge in [-0.2, -0.15) is 0 Å². The third-order valence-corrected chi connectivity index (χ3v) is 11.5. The number of allylic oxidation sites excluding steroid dienone is 3. The minimum absolute atomic E-state index is 0.155. The number of aliphatic hydroxyl groups is 1. The van der Waals surface area contributed by atoms with E-state index in [-0.39, 0.29) is 5.04 Å². The van der Waals surface area contributed by atoms with Crippen molar-refractivity contribution in [2.45, 2.75) is 51.3 Å². The molecule has 0 aliphatic heterocycles. The molecule has 0 aliphatic carbocycles. The molecule has 0 fully saturated rings. The third-order valence-electron chi connectivity index (χ3n) is 5.34. The Morgan fingerprint density at radius 2 is 1.47 bits per heavy atom. The summed E-state index contributed by atoms with van der Waals surface area (Å²) in [6, 6.07) is 23.0. The largest absolute Gasteiger partial charge is 0.389 e. The van der Waals surface area contributed by atoms with E-state index in [4.69, 9.17) is 5.11 Å². The summed E-state index contributed by atoms with van der Waals surface area (Å²) in [5, 5.41) is 12.2. The van der Waals surface area contributed by atoms with Crippen LogP contribution in [0.2, 0.25) is 11.1 Å². The topological polar surface area (TPSA) is 20.2 Å². The van der Waals surface area contributed by atoms with Crippen molar-refractivity contribution in [3.8, 4) is 23.7 Å². The van der Waals surface area contributed by atoms with Gasteiger partial charge in [-0.25, -0.2) is 0 Å². The van der Waals surface area contributed by atoms with Crippen LogP contribution in [0.4, 0.5) is 0 Å². The number of aliphatic hydroxyl groups excluding tert-OH is 1. The summed E-state index contributed by atoms with van der Waals surface area (Å²) in [5.41, 5.74) is 0. The van der Waals surface area contributed by atoms with Gasteiger partial charge in [0.2, 0.25) is 0 Å². The van der Waals surface area contributed by atoms with Gasteiger partial charge in [-0.1, -0.05) is 122 Å². The molecule has 1 N–H and O–H groups in total. The Kier molecular flexibility index (Phi) is 8.94. The van der Waals surface area contributed by atoms with Gasteiger partial charge in [0, 0.05) is 6.42 Å². The van der Waals surface area contributed by atoms with Crippen LogP contribution in [0.3, 0.4) is 0 Å². The van der Waals surface area contributed by atoms with E-state index in [1.807, 2.05) is 6.08 Å². The number of rotatable bonds is 6. The molecule has 1 atom stereocenters. The van der Waals surface area contributed by atoms with Crippen molar-refractivity contribution in [2.24, 2.45) is 0 Å². The molecule has 0 aliphatic rings. The average molecular weight is 413 g/mol. The molecule has 1 nitrogen and oxygen atoms in total. The molecule has 0 spiro atoms. The summed E-state index contributed by atoms with van der Waals surface area (Å²) in [5.74, 6) is 12.1. The molecule has 0 radical (unpaired) electrons. The van der Waals surface area contributed by atoms with Gasteiger partial charge >= 0.3 is 0 Å². The molecule has 0 aromatic heterocycles. The van der Waals surface area contributed by atoms with E-state index in [9.17, 15) is 0 Å². The highest BCUT2D eigenvalue weighted by molar-refractivity contribution is 7.04. The summed E-state index contributed by atoms with van der Waals surface area (Å²) in [6.45, 7) is 8.83. The monoisotopic (exact) mass is 412 g/mol. The molecule has 2 aromatic rings. The maximum atomic E-state index is 9.16. The molecule has 0 saturated carbocycles. The van der Waals surface area contributed by atoms with Crippen LogP contribution in [-0.4, -0.2) is 19.3 Å². The minimum Gasteiger partial charge on any atom is -0.389 e. The normalized spacial score (nSPS) is 12.8. The van der Waals surface area contributed by atoms with Crippen LogP contribution in [0.15, 0.2) is 85.0 Å². The summed E-state index contributed by atoms with van der Waals surface area (Å²) >= 11 is 0. The summed E-state index contributed by atoms with van der Waals surface area (Å²) in [7, 11) is -2.04. The van der Waals surface area contributed by atoms with Crippen molar-refractivity contribution in [3.63, 3.8) is 0 Å². The van der Waals surface area contributed by atoms with Gasteiger partial charge in [-0.3, -0.25) is 0 Å². The van der Waals surface area contributed by atoms with Gasteiger partial charge in [0.1, 0.15) is 8.07 Å². The lowest BCUT2D eigenvalue weighted by Crippen LogP contribution is -2.64. The van der Waals surface area contributed by atoms with Crippen LogP contribution in [0.5, 0.6) is 0 Å². The molecular formula is C28H32OSi. The molecule has 2 aromatic carbocycles. The number of benzene rings is 2. The predicted molar refractivity (Wildman–Crippen MR) is 133 cm³/mol. The Bertz CT molecular complexity index is 916. The van der Waals surface area contributed by atoms with Crippen LogP contribution in [0, 0.1) is 23.7 Å².